The Morgan fingerprint density at radius 1 is 1.32 bits per heavy atom. The lowest BCUT2D eigenvalue weighted by atomic mass is 10.2. The number of nitrogens with one attached hydrogen (secondary N) is 1. The highest BCUT2D eigenvalue weighted by Crippen LogP contribution is 2.35. The van der Waals surface area contributed by atoms with Crippen molar-refractivity contribution in [1.82, 2.24) is 14.9 Å². The first-order chi connectivity index (χ1) is 12.2. The Morgan fingerprint density at radius 2 is 2.16 bits per heavy atom. The number of thiophene rings is 1. The summed E-state index contributed by atoms with van der Waals surface area (Å²) in [7, 11) is 0. The summed E-state index contributed by atoms with van der Waals surface area (Å²) >= 11 is 3.02. The summed E-state index contributed by atoms with van der Waals surface area (Å²) in [4.78, 5) is 31.9. The van der Waals surface area contributed by atoms with E-state index in [-0.39, 0.29) is 11.5 Å². The molecular formula is C18H25N3O2S2. The predicted octanol–water partition coefficient (Wildman–Crippen LogP) is 3.37. The molecule has 0 saturated carbocycles. The third kappa shape index (κ3) is 3.92. The Kier molecular flexibility index (Phi) is 6.17. The zero-order valence-corrected chi connectivity index (χ0v) is 16.5. The molecule has 0 spiro atoms. The third-order valence-electron chi connectivity index (χ3n) is 4.42. The zero-order chi connectivity index (χ0) is 17.8. The molecule has 2 aromatic heterocycles. The van der Waals surface area contributed by atoms with Gasteiger partial charge in [0, 0.05) is 18.0 Å². The molecule has 2 heterocycles. The fourth-order valence-electron chi connectivity index (χ4n) is 3.17. The van der Waals surface area contributed by atoms with Crippen LogP contribution in [0.3, 0.4) is 0 Å². The SMILES string of the molecule is CCCCNC(=O)CSc1nc2sc3c(c2c(=O)n1CCC)CCC3. The van der Waals surface area contributed by atoms with E-state index in [0.717, 1.165) is 48.7 Å². The van der Waals surface area contributed by atoms with Gasteiger partial charge < -0.3 is 5.32 Å². The van der Waals surface area contributed by atoms with E-state index in [0.29, 0.717) is 24.0 Å². The monoisotopic (exact) mass is 379 g/mol. The molecule has 0 bridgehead atoms. The van der Waals surface area contributed by atoms with Gasteiger partial charge in [-0.2, -0.15) is 0 Å². The zero-order valence-electron chi connectivity index (χ0n) is 14.9. The van der Waals surface area contributed by atoms with Crippen molar-refractivity contribution in [2.24, 2.45) is 0 Å². The van der Waals surface area contributed by atoms with Crippen molar-refractivity contribution in [3.8, 4) is 0 Å². The molecule has 0 unspecified atom stereocenters. The number of thioether (sulfide) groups is 1. The molecule has 3 rings (SSSR count). The molecular weight excluding hydrogens is 354 g/mol. The standard InChI is InChI=1S/C18H25N3O2S2/c1-3-5-9-19-14(22)11-24-18-20-16-15(17(23)21(18)10-4-2)12-7-6-8-13(12)25-16/h3-11H2,1-2H3,(H,19,22). The number of fused-ring (bicyclic) bond motifs is 3. The van der Waals surface area contributed by atoms with Crippen LogP contribution in [-0.2, 0) is 24.2 Å². The first-order valence-electron chi connectivity index (χ1n) is 9.10. The first-order valence-corrected chi connectivity index (χ1v) is 10.9. The Bertz CT molecular complexity index is 826. The second-order valence-electron chi connectivity index (χ2n) is 6.38. The van der Waals surface area contributed by atoms with Gasteiger partial charge in [0.1, 0.15) is 4.83 Å². The number of aromatic nitrogens is 2. The third-order valence-corrected chi connectivity index (χ3v) is 6.58. The lowest BCUT2D eigenvalue weighted by Gasteiger charge is -2.11. The molecule has 136 valence electrons. The van der Waals surface area contributed by atoms with Gasteiger partial charge in [0.2, 0.25) is 5.91 Å². The van der Waals surface area contributed by atoms with Gasteiger partial charge >= 0.3 is 0 Å². The van der Waals surface area contributed by atoms with E-state index in [4.69, 9.17) is 4.98 Å². The Labute approximate surface area is 156 Å². The van der Waals surface area contributed by atoms with E-state index < -0.39 is 0 Å². The summed E-state index contributed by atoms with van der Waals surface area (Å²) < 4.78 is 1.76. The van der Waals surface area contributed by atoms with Gasteiger partial charge in [-0.1, -0.05) is 32.0 Å². The molecule has 0 fully saturated rings. The van der Waals surface area contributed by atoms with Crippen molar-refractivity contribution in [3.63, 3.8) is 0 Å². The second kappa shape index (κ2) is 8.36. The number of nitrogens with zero attached hydrogens (tertiary/aromatic N) is 2. The topological polar surface area (TPSA) is 64.0 Å². The highest BCUT2D eigenvalue weighted by molar-refractivity contribution is 7.99. The minimum Gasteiger partial charge on any atom is -0.355 e. The molecule has 7 heteroatoms. The quantitative estimate of drug-likeness (QED) is 0.434. The van der Waals surface area contributed by atoms with E-state index in [9.17, 15) is 9.59 Å². The van der Waals surface area contributed by atoms with Crippen LogP contribution in [0, 0.1) is 0 Å². The summed E-state index contributed by atoms with van der Waals surface area (Å²) in [5.74, 6) is 0.306. The van der Waals surface area contributed by atoms with Crippen LogP contribution in [-0.4, -0.2) is 27.8 Å². The number of unbranched alkanes of at least 4 members (excludes halogenated alkanes) is 1. The van der Waals surface area contributed by atoms with Gasteiger partial charge in [-0.15, -0.1) is 11.3 Å². The number of hydrogen-bond donors (Lipinski definition) is 1. The van der Waals surface area contributed by atoms with Crippen LogP contribution in [0.4, 0.5) is 0 Å². The van der Waals surface area contributed by atoms with Crippen molar-refractivity contribution >= 4 is 39.2 Å². The van der Waals surface area contributed by atoms with Crippen LogP contribution in [0.1, 0.15) is 50.0 Å². The highest BCUT2D eigenvalue weighted by atomic mass is 32.2. The maximum atomic E-state index is 13.0. The molecule has 1 aliphatic rings. The Morgan fingerprint density at radius 3 is 2.92 bits per heavy atom. The summed E-state index contributed by atoms with van der Waals surface area (Å²) in [6, 6.07) is 0. The van der Waals surface area contributed by atoms with Gasteiger partial charge in [0.05, 0.1) is 11.1 Å². The summed E-state index contributed by atoms with van der Waals surface area (Å²) in [6.45, 7) is 5.51. The molecule has 0 aromatic carbocycles. The van der Waals surface area contributed by atoms with Crippen molar-refractivity contribution in [2.75, 3.05) is 12.3 Å². The van der Waals surface area contributed by atoms with Gasteiger partial charge in [-0.3, -0.25) is 14.2 Å². The summed E-state index contributed by atoms with van der Waals surface area (Å²) in [5, 5.41) is 4.41. The summed E-state index contributed by atoms with van der Waals surface area (Å²) in [5.41, 5.74) is 1.29. The average Bonchev–Trinajstić information content (AvgIpc) is 3.16. The molecule has 0 atom stereocenters. The van der Waals surface area contributed by atoms with Gasteiger partial charge in [-0.25, -0.2) is 4.98 Å². The van der Waals surface area contributed by atoms with E-state index in [1.165, 1.54) is 22.2 Å². The van der Waals surface area contributed by atoms with Crippen LogP contribution in [0.5, 0.6) is 0 Å². The Balaban J connectivity index is 1.85. The first kappa shape index (κ1) is 18.5. The maximum absolute atomic E-state index is 13.0. The second-order valence-corrected chi connectivity index (χ2v) is 8.41. The molecule has 1 N–H and O–H groups in total. The summed E-state index contributed by atoms with van der Waals surface area (Å²) in [6.07, 6.45) is 6.11. The number of rotatable bonds is 8. The van der Waals surface area contributed by atoms with Crippen LogP contribution in [0.25, 0.3) is 10.2 Å². The number of aryl methyl sites for hydroxylation is 2. The molecule has 1 amide bonds. The fourth-order valence-corrected chi connectivity index (χ4v) is 5.33. The molecule has 2 aromatic rings. The molecule has 5 nitrogen and oxygen atoms in total. The molecule has 0 aliphatic heterocycles. The van der Waals surface area contributed by atoms with E-state index >= 15 is 0 Å². The van der Waals surface area contributed by atoms with Crippen LogP contribution >= 0.6 is 23.1 Å². The normalized spacial score (nSPS) is 13.4. The number of amides is 1. The smallest absolute Gasteiger partial charge is 0.263 e. The fraction of sp³-hybridized carbons (Fsp3) is 0.611. The molecule has 25 heavy (non-hydrogen) atoms. The van der Waals surface area contributed by atoms with Crippen molar-refractivity contribution in [1.29, 1.82) is 0 Å². The van der Waals surface area contributed by atoms with Gasteiger partial charge in [0.15, 0.2) is 5.16 Å². The number of carbonyl (C=O) groups is 1. The molecule has 0 saturated heterocycles. The number of carbonyl (C=O) groups excluding carboxylic acids is 1. The van der Waals surface area contributed by atoms with E-state index in [2.05, 4.69) is 19.2 Å². The van der Waals surface area contributed by atoms with Gasteiger partial charge in [-0.05, 0) is 37.7 Å². The lowest BCUT2D eigenvalue weighted by Crippen LogP contribution is -2.27. The minimum absolute atomic E-state index is 0.00418. The van der Waals surface area contributed by atoms with Gasteiger partial charge in [0.25, 0.3) is 5.56 Å². The van der Waals surface area contributed by atoms with Crippen molar-refractivity contribution in [2.45, 2.75) is 64.1 Å². The van der Waals surface area contributed by atoms with Crippen LogP contribution in [0.15, 0.2) is 9.95 Å². The lowest BCUT2D eigenvalue weighted by molar-refractivity contribution is -0.118. The minimum atomic E-state index is 0.00418. The highest BCUT2D eigenvalue weighted by Gasteiger charge is 2.23. The molecule has 0 radical (unpaired) electrons. The van der Waals surface area contributed by atoms with E-state index in [1.807, 2.05) is 0 Å². The molecule has 1 aliphatic carbocycles. The van der Waals surface area contributed by atoms with Crippen LogP contribution < -0.4 is 10.9 Å². The average molecular weight is 380 g/mol. The predicted molar refractivity (Wildman–Crippen MR) is 105 cm³/mol. The maximum Gasteiger partial charge on any atom is 0.263 e. The number of hydrogen-bond acceptors (Lipinski definition) is 5. The van der Waals surface area contributed by atoms with Crippen molar-refractivity contribution in [3.05, 3.63) is 20.8 Å². The Hall–Kier alpha value is -1.34. The van der Waals surface area contributed by atoms with Crippen molar-refractivity contribution < 1.29 is 4.79 Å². The largest absolute Gasteiger partial charge is 0.355 e. The van der Waals surface area contributed by atoms with E-state index in [1.54, 1.807) is 15.9 Å². The van der Waals surface area contributed by atoms with Crippen LogP contribution in [0.2, 0.25) is 0 Å².